The normalized spacial score (nSPS) is 13.7. The van der Waals surface area contributed by atoms with Crippen LogP contribution in [0.3, 0.4) is 0 Å². The van der Waals surface area contributed by atoms with Gasteiger partial charge in [-0.1, -0.05) is 12.1 Å². The van der Waals surface area contributed by atoms with Crippen LogP contribution in [0.1, 0.15) is 15.9 Å². The number of carbonyl (C=O) groups excluding carboxylic acids is 1. The molecule has 3 nitrogen and oxygen atoms in total. The van der Waals surface area contributed by atoms with E-state index in [1.165, 1.54) is 0 Å². The highest BCUT2D eigenvalue weighted by molar-refractivity contribution is 6.05. The van der Waals surface area contributed by atoms with Gasteiger partial charge in [0.1, 0.15) is 0 Å². The summed E-state index contributed by atoms with van der Waals surface area (Å²) < 4.78 is 0. The van der Waals surface area contributed by atoms with Crippen LogP contribution in [0.2, 0.25) is 0 Å². The Bertz CT molecular complexity index is 320. The molecule has 55 valence electrons. The molecule has 1 radical (unpaired) electrons. The zero-order chi connectivity index (χ0) is 7.84. The van der Waals surface area contributed by atoms with Crippen molar-refractivity contribution in [1.29, 1.82) is 0 Å². The number of anilines is 1. The second-order valence-corrected chi connectivity index (χ2v) is 2.53. The van der Waals surface area contributed by atoms with Crippen LogP contribution in [-0.4, -0.2) is 5.91 Å². The SMILES string of the molecule is Cc1cccc2c1C(=O)[N]N2. The Morgan fingerprint density at radius 2 is 2.27 bits per heavy atom. The summed E-state index contributed by atoms with van der Waals surface area (Å²) in [5.41, 5.74) is 8.73. The largest absolute Gasteiger partial charge is 0.295 e. The number of hydrogen-bond donors (Lipinski definition) is 1. The van der Waals surface area contributed by atoms with E-state index < -0.39 is 0 Å². The van der Waals surface area contributed by atoms with Crippen LogP contribution in [0.15, 0.2) is 18.2 Å². The van der Waals surface area contributed by atoms with Gasteiger partial charge in [0.05, 0.1) is 11.3 Å². The number of amides is 1. The molecule has 1 aromatic rings. The van der Waals surface area contributed by atoms with Gasteiger partial charge in [0.15, 0.2) is 0 Å². The monoisotopic (exact) mass is 147 g/mol. The summed E-state index contributed by atoms with van der Waals surface area (Å²) in [6.07, 6.45) is 0. The molecule has 0 saturated carbocycles. The second kappa shape index (κ2) is 1.99. The molecule has 0 unspecified atom stereocenters. The Hall–Kier alpha value is -1.51. The number of aryl methyl sites for hydroxylation is 1. The van der Waals surface area contributed by atoms with Crippen LogP contribution >= 0.6 is 0 Å². The van der Waals surface area contributed by atoms with Crippen LogP contribution in [0.4, 0.5) is 5.69 Å². The van der Waals surface area contributed by atoms with Gasteiger partial charge in [-0.2, -0.15) is 0 Å². The molecular weight excluding hydrogens is 140 g/mol. The second-order valence-electron chi connectivity index (χ2n) is 2.53. The molecule has 0 saturated heterocycles. The minimum absolute atomic E-state index is 0.168. The Labute approximate surface area is 64.4 Å². The molecule has 1 heterocycles. The van der Waals surface area contributed by atoms with Crippen LogP contribution in [-0.2, 0) is 0 Å². The summed E-state index contributed by atoms with van der Waals surface area (Å²) in [6.45, 7) is 1.90. The first-order chi connectivity index (χ1) is 5.29. The predicted octanol–water partition coefficient (Wildman–Crippen LogP) is 1.08. The lowest BCUT2D eigenvalue weighted by Crippen LogP contribution is -2.10. The molecule has 0 aliphatic carbocycles. The fourth-order valence-electron chi connectivity index (χ4n) is 1.21. The molecule has 1 amide bonds. The minimum Gasteiger partial charge on any atom is -0.274 e. The smallest absolute Gasteiger partial charge is 0.274 e. The van der Waals surface area contributed by atoms with Crippen LogP contribution < -0.4 is 10.9 Å². The molecule has 1 aliphatic rings. The fraction of sp³-hybridized carbons (Fsp3) is 0.125. The first-order valence-corrected chi connectivity index (χ1v) is 3.40. The highest BCUT2D eigenvalue weighted by atomic mass is 16.2. The molecular formula is C8H7N2O. The molecule has 1 aliphatic heterocycles. The van der Waals surface area contributed by atoms with Gasteiger partial charge < -0.3 is 0 Å². The average Bonchev–Trinajstić information content (AvgIpc) is 2.34. The van der Waals surface area contributed by atoms with Crippen molar-refractivity contribution in [3.05, 3.63) is 29.3 Å². The van der Waals surface area contributed by atoms with Gasteiger partial charge in [-0.05, 0) is 18.6 Å². The molecule has 0 spiro atoms. The summed E-state index contributed by atoms with van der Waals surface area (Å²) in [7, 11) is 0. The van der Waals surface area contributed by atoms with Crippen molar-refractivity contribution in [2.45, 2.75) is 6.92 Å². The Morgan fingerprint density at radius 1 is 1.45 bits per heavy atom. The van der Waals surface area contributed by atoms with Crippen molar-refractivity contribution in [1.82, 2.24) is 5.43 Å². The molecule has 0 fully saturated rings. The van der Waals surface area contributed by atoms with E-state index in [9.17, 15) is 4.79 Å². The van der Waals surface area contributed by atoms with E-state index >= 15 is 0 Å². The van der Waals surface area contributed by atoms with E-state index in [1.807, 2.05) is 25.1 Å². The van der Waals surface area contributed by atoms with Gasteiger partial charge in [0.2, 0.25) is 0 Å². The number of benzene rings is 1. The van der Waals surface area contributed by atoms with Crippen molar-refractivity contribution < 1.29 is 4.79 Å². The number of nitrogens with zero attached hydrogens (tertiary/aromatic N) is 1. The molecule has 0 aromatic heterocycles. The van der Waals surface area contributed by atoms with E-state index in [0.717, 1.165) is 11.3 Å². The van der Waals surface area contributed by atoms with E-state index in [-0.39, 0.29) is 5.91 Å². The van der Waals surface area contributed by atoms with Gasteiger partial charge >= 0.3 is 0 Å². The molecule has 2 rings (SSSR count). The summed E-state index contributed by atoms with van der Waals surface area (Å²) in [5, 5.41) is 0. The van der Waals surface area contributed by atoms with E-state index in [0.29, 0.717) is 5.56 Å². The average molecular weight is 147 g/mol. The van der Waals surface area contributed by atoms with Crippen molar-refractivity contribution >= 4 is 11.6 Å². The van der Waals surface area contributed by atoms with Crippen molar-refractivity contribution in [2.75, 3.05) is 5.43 Å². The topological polar surface area (TPSA) is 43.2 Å². The minimum atomic E-state index is -0.168. The van der Waals surface area contributed by atoms with Crippen LogP contribution in [0, 0.1) is 6.92 Å². The molecule has 1 N–H and O–H groups in total. The van der Waals surface area contributed by atoms with E-state index in [4.69, 9.17) is 0 Å². The van der Waals surface area contributed by atoms with Gasteiger partial charge in [0.25, 0.3) is 5.91 Å². The highest BCUT2D eigenvalue weighted by Gasteiger charge is 2.21. The number of carbonyl (C=O) groups is 1. The molecule has 1 aromatic carbocycles. The number of nitrogens with one attached hydrogen (secondary N) is 1. The zero-order valence-electron chi connectivity index (χ0n) is 6.09. The standard InChI is InChI=1S/C8H7N2O/c1-5-3-2-4-6-7(5)8(11)10-9-6/h2-4,9H,1H3. The maximum absolute atomic E-state index is 11.1. The Kier molecular flexibility index (Phi) is 1.12. The number of hydrogen-bond acceptors (Lipinski definition) is 2. The van der Waals surface area contributed by atoms with Gasteiger partial charge in [-0.15, -0.1) is 5.43 Å². The lowest BCUT2D eigenvalue weighted by molar-refractivity contribution is 0.0969. The van der Waals surface area contributed by atoms with Gasteiger partial charge in [0, 0.05) is 0 Å². The van der Waals surface area contributed by atoms with Crippen LogP contribution in [0.5, 0.6) is 0 Å². The van der Waals surface area contributed by atoms with Crippen molar-refractivity contribution in [3.8, 4) is 0 Å². The molecule has 11 heavy (non-hydrogen) atoms. The lowest BCUT2D eigenvalue weighted by Gasteiger charge is -1.96. The van der Waals surface area contributed by atoms with Crippen molar-refractivity contribution in [2.24, 2.45) is 0 Å². The Morgan fingerprint density at radius 3 is 3.00 bits per heavy atom. The molecule has 0 atom stereocenters. The van der Waals surface area contributed by atoms with Crippen molar-refractivity contribution in [3.63, 3.8) is 0 Å². The molecule has 0 bridgehead atoms. The number of rotatable bonds is 0. The Balaban J connectivity index is 2.68. The summed E-state index contributed by atoms with van der Waals surface area (Å²) in [6, 6.07) is 5.64. The third-order valence-electron chi connectivity index (χ3n) is 1.76. The summed E-state index contributed by atoms with van der Waals surface area (Å²) >= 11 is 0. The van der Waals surface area contributed by atoms with Gasteiger partial charge in [-0.25, -0.2) is 0 Å². The van der Waals surface area contributed by atoms with E-state index in [2.05, 4.69) is 10.9 Å². The third-order valence-corrected chi connectivity index (χ3v) is 1.76. The summed E-state index contributed by atoms with van der Waals surface area (Å²) in [4.78, 5) is 11.1. The maximum atomic E-state index is 11.1. The highest BCUT2D eigenvalue weighted by Crippen LogP contribution is 2.22. The van der Waals surface area contributed by atoms with Crippen LogP contribution in [0.25, 0.3) is 0 Å². The first kappa shape index (κ1) is 6.22. The maximum Gasteiger partial charge on any atom is 0.295 e. The first-order valence-electron chi connectivity index (χ1n) is 3.40. The molecule has 3 heteroatoms. The van der Waals surface area contributed by atoms with E-state index in [1.54, 1.807) is 0 Å². The third kappa shape index (κ3) is 0.774. The predicted molar refractivity (Wildman–Crippen MR) is 41.3 cm³/mol. The zero-order valence-corrected chi connectivity index (χ0v) is 6.09. The fourth-order valence-corrected chi connectivity index (χ4v) is 1.21. The summed E-state index contributed by atoms with van der Waals surface area (Å²) in [5.74, 6) is -0.168. The quantitative estimate of drug-likeness (QED) is 0.596. The number of fused-ring (bicyclic) bond motifs is 1. The van der Waals surface area contributed by atoms with Gasteiger partial charge in [-0.3, -0.25) is 10.2 Å². The lowest BCUT2D eigenvalue weighted by atomic mass is 10.1.